The molecule has 1 aromatic rings. The summed E-state index contributed by atoms with van der Waals surface area (Å²) >= 11 is 0. The first kappa shape index (κ1) is 26.8. The average Bonchev–Trinajstić information content (AvgIpc) is 3.22. The second kappa shape index (κ2) is 10.8. The van der Waals surface area contributed by atoms with Crippen molar-refractivity contribution in [2.75, 3.05) is 5.32 Å². The Bertz CT molecular complexity index is 969. The van der Waals surface area contributed by atoms with Crippen molar-refractivity contribution in [3.63, 3.8) is 0 Å². The Morgan fingerprint density at radius 2 is 1.78 bits per heavy atom. The second-order valence-electron chi connectivity index (χ2n) is 14.1. The molecule has 0 saturated heterocycles. The monoisotopic (exact) mass is 505 g/mol. The number of amides is 1. The normalized spacial score (nSPS) is 37.7. The van der Waals surface area contributed by atoms with Gasteiger partial charge >= 0.3 is 6.09 Å². The van der Waals surface area contributed by atoms with Crippen LogP contribution < -0.4 is 5.32 Å². The van der Waals surface area contributed by atoms with Crippen molar-refractivity contribution in [2.24, 2.45) is 46.3 Å². The van der Waals surface area contributed by atoms with Gasteiger partial charge in [0, 0.05) is 12.1 Å². The molecule has 204 valence electrons. The molecule has 0 aromatic heterocycles. The number of anilines is 1. The number of carbonyl (C=O) groups excluding carboxylic acids is 1. The molecular formula is C34H51NO2. The molecule has 4 aliphatic rings. The van der Waals surface area contributed by atoms with Crippen molar-refractivity contribution >= 4 is 11.8 Å². The molecule has 0 heterocycles. The maximum Gasteiger partial charge on any atom is 0.411 e. The van der Waals surface area contributed by atoms with Gasteiger partial charge in [-0.25, -0.2) is 4.79 Å². The number of rotatable bonds is 7. The number of nitrogens with one attached hydrogen (secondary N) is 1. The van der Waals surface area contributed by atoms with Gasteiger partial charge in [-0.1, -0.05) is 83.7 Å². The Balaban J connectivity index is 1.22. The van der Waals surface area contributed by atoms with Crippen LogP contribution in [0.5, 0.6) is 0 Å². The molecule has 1 aromatic carbocycles. The molecule has 1 N–H and O–H groups in total. The van der Waals surface area contributed by atoms with E-state index >= 15 is 0 Å². The number of hydrogen-bond donors (Lipinski definition) is 1. The third-order valence-corrected chi connectivity index (χ3v) is 11.6. The molecule has 3 nitrogen and oxygen atoms in total. The molecule has 8 atom stereocenters. The highest BCUT2D eigenvalue weighted by molar-refractivity contribution is 5.84. The summed E-state index contributed by atoms with van der Waals surface area (Å²) in [4.78, 5) is 12.5. The summed E-state index contributed by atoms with van der Waals surface area (Å²) in [7, 11) is 0. The van der Waals surface area contributed by atoms with Crippen LogP contribution in [0, 0.1) is 46.3 Å². The van der Waals surface area contributed by atoms with E-state index < -0.39 is 0 Å². The third kappa shape index (κ3) is 5.26. The summed E-state index contributed by atoms with van der Waals surface area (Å²) in [6.07, 6.45) is 16.5. The molecule has 4 aliphatic carbocycles. The zero-order chi connectivity index (χ0) is 26.2. The van der Waals surface area contributed by atoms with E-state index in [1.165, 1.54) is 51.4 Å². The smallest absolute Gasteiger partial charge is 0.411 e. The lowest BCUT2D eigenvalue weighted by Gasteiger charge is -2.58. The van der Waals surface area contributed by atoms with Crippen LogP contribution in [0.2, 0.25) is 0 Å². The third-order valence-electron chi connectivity index (χ3n) is 11.6. The molecule has 0 radical (unpaired) electrons. The Morgan fingerprint density at radius 3 is 2.54 bits per heavy atom. The highest BCUT2D eigenvalue weighted by Crippen LogP contribution is 2.67. The van der Waals surface area contributed by atoms with E-state index in [4.69, 9.17) is 4.74 Å². The minimum absolute atomic E-state index is 0.00371. The average molecular weight is 506 g/mol. The Hall–Kier alpha value is -1.77. The van der Waals surface area contributed by atoms with Gasteiger partial charge in [-0.3, -0.25) is 5.32 Å². The summed E-state index contributed by atoms with van der Waals surface area (Å²) in [6, 6.07) is 9.62. The molecular weight excluding hydrogens is 454 g/mol. The molecule has 37 heavy (non-hydrogen) atoms. The summed E-state index contributed by atoms with van der Waals surface area (Å²) in [5.74, 6) is 5.15. The number of ether oxygens (including phenoxy) is 1. The number of benzene rings is 1. The molecule has 5 rings (SSSR count). The number of para-hydroxylation sites is 1. The molecule has 3 heteroatoms. The largest absolute Gasteiger partial charge is 0.446 e. The van der Waals surface area contributed by atoms with Crippen LogP contribution in [-0.4, -0.2) is 12.2 Å². The van der Waals surface area contributed by atoms with Gasteiger partial charge in [-0.15, -0.1) is 0 Å². The Labute approximate surface area is 226 Å². The zero-order valence-electron chi connectivity index (χ0n) is 24.1. The van der Waals surface area contributed by atoms with Crippen LogP contribution in [0.15, 0.2) is 42.0 Å². The van der Waals surface area contributed by atoms with Crippen LogP contribution in [-0.2, 0) is 4.74 Å². The summed E-state index contributed by atoms with van der Waals surface area (Å²) in [6.45, 7) is 12.5. The van der Waals surface area contributed by atoms with Crippen molar-refractivity contribution in [1.82, 2.24) is 0 Å². The van der Waals surface area contributed by atoms with Crippen LogP contribution in [0.25, 0.3) is 0 Å². The summed E-state index contributed by atoms with van der Waals surface area (Å²) in [5.41, 5.74) is 3.21. The fourth-order valence-corrected chi connectivity index (χ4v) is 9.57. The van der Waals surface area contributed by atoms with Gasteiger partial charge in [-0.05, 0) is 103 Å². The predicted molar refractivity (Wildman–Crippen MR) is 153 cm³/mol. The predicted octanol–water partition coefficient (Wildman–Crippen LogP) is 9.65. The quantitative estimate of drug-likeness (QED) is 0.375. The first-order chi connectivity index (χ1) is 17.7. The van der Waals surface area contributed by atoms with Gasteiger partial charge < -0.3 is 4.74 Å². The molecule has 0 spiro atoms. The van der Waals surface area contributed by atoms with Crippen LogP contribution in [0.3, 0.4) is 0 Å². The Morgan fingerprint density at radius 1 is 1.00 bits per heavy atom. The SMILES string of the molecule is CC(C)CCC[C@H](C)[C@H]1CC[C@H]2[C@@H]3CC=C4C[C@H](OC(=O)Nc5ccccc5)CC[C@]4(C)[C@H]3CC[C@]12C. The van der Waals surface area contributed by atoms with Gasteiger partial charge in [-0.2, -0.15) is 0 Å². The van der Waals surface area contributed by atoms with Gasteiger partial charge in [0.25, 0.3) is 0 Å². The highest BCUT2D eigenvalue weighted by atomic mass is 16.6. The Kier molecular flexibility index (Phi) is 7.81. The van der Waals surface area contributed by atoms with Gasteiger partial charge in [0.1, 0.15) is 6.10 Å². The number of carbonyl (C=O) groups is 1. The van der Waals surface area contributed by atoms with Crippen molar-refractivity contribution in [3.8, 4) is 0 Å². The first-order valence-electron chi connectivity index (χ1n) is 15.4. The highest BCUT2D eigenvalue weighted by Gasteiger charge is 2.59. The fourth-order valence-electron chi connectivity index (χ4n) is 9.57. The van der Waals surface area contributed by atoms with E-state index in [-0.39, 0.29) is 12.2 Å². The standard InChI is InChI=1S/C34H51NO2/c1-23(2)10-9-11-24(3)29-16-17-30-28-15-14-25-22-27(37-32(36)35-26-12-7-6-8-13-26)18-20-33(25,4)31(28)19-21-34(29,30)5/h6-8,12-14,23-24,27-31H,9-11,15-22H2,1-5H3,(H,35,36)/t24-,27+,28-,29+,30-,31-,33-,34+/m0/s1. The van der Waals surface area contributed by atoms with Crippen molar-refractivity contribution in [3.05, 3.63) is 42.0 Å². The van der Waals surface area contributed by atoms with E-state index in [1.54, 1.807) is 5.57 Å². The van der Waals surface area contributed by atoms with Crippen LogP contribution >= 0.6 is 0 Å². The number of hydrogen-bond acceptors (Lipinski definition) is 2. The second-order valence-corrected chi connectivity index (χ2v) is 14.1. The van der Waals surface area contributed by atoms with Crippen molar-refractivity contribution in [1.29, 1.82) is 0 Å². The summed E-state index contributed by atoms with van der Waals surface area (Å²) in [5, 5.41) is 2.90. The zero-order valence-corrected chi connectivity index (χ0v) is 24.1. The lowest BCUT2D eigenvalue weighted by atomic mass is 9.47. The number of allylic oxidation sites excluding steroid dienone is 1. The maximum atomic E-state index is 12.5. The lowest BCUT2D eigenvalue weighted by molar-refractivity contribution is -0.0577. The molecule has 3 saturated carbocycles. The molecule has 0 aliphatic heterocycles. The van der Waals surface area contributed by atoms with Crippen LogP contribution in [0.4, 0.5) is 10.5 Å². The minimum Gasteiger partial charge on any atom is -0.446 e. The molecule has 3 fully saturated rings. The van der Waals surface area contributed by atoms with Gasteiger partial charge in [0.05, 0.1) is 0 Å². The fraction of sp³-hybridized carbons (Fsp3) is 0.735. The molecule has 0 bridgehead atoms. The lowest BCUT2D eigenvalue weighted by Crippen LogP contribution is -2.51. The summed E-state index contributed by atoms with van der Waals surface area (Å²) < 4.78 is 5.91. The first-order valence-corrected chi connectivity index (χ1v) is 15.4. The van der Waals surface area contributed by atoms with Crippen LogP contribution in [0.1, 0.15) is 105 Å². The van der Waals surface area contributed by atoms with E-state index in [2.05, 4.69) is 46.0 Å². The van der Waals surface area contributed by atoms with E-state index in [1.807, 2.05) is 30.3 Å². The van der Waals surface area contributed by atoms with E-state index in [0.717, 1.165) is 60.5 Å². The van der Waals surface area contributed by atoms with E-state index in [0.29, 0.717) is 10.8 Å². The minimum atomic E-state index is -0.318. The topological polar surface area (TPSA) is 38.3 Å². The van der Waals surface area contributed by atoms with E-state index in [9.17, 15) is 4.79 Å². The molecule has 1 amide bonds. The molecule has 0 unspecified atom stereocenters. The maximum absolute atomic E-state index is 12.5. The number of fused-ring (bicyclic) bond motifs is 5. The van der Waals surface area contributed by atoms with Gasteiger partial charge in [0.15, 0.2) is 0 Å². The van der Waals surface area contributed by atoms with Gasteiger partial charge in [0.2, 0.25) is 0 Å². The van der Waals surface area contributed by atoms with Crippen molar-refractivity contribution in [2.45, 2.75) is 111 Å². The van der Waals surface area contributed by atoms with Crippen molar-refractivity contribution < 1.29 is 9.53 Å².